The number of benzene rings is 1. The summed E-state index contributed by atoms with van der Waals surface area (Å²) in [7, 11) is 2.79. The highest BCUT2D eigenvalue weighted by Gasteiger charge is 2.34. The minimum Gasteiger partial charge on any atom is -0.395 e. The Bertz CT molecular complexity index is 461. The molecule has 0 aliphatic rings. The Morgan fingerprint density at radius 2 is 2.05 bits per heavy atom. The Kier molecular flexibility index (Phi) is 4.77. The van der Waals surface area contributed by atoms with Gasteiger partial charge in [0.25, 0.3) is 5.91 Å². The number of aliphatic hydroxyl groups is 1. The van der Waals surface area contributed by atoms with Gasteiger partial charge in [0, 0.05) is 31.9 Å². The van der Waals surface area contributed by atoms with Crippen molar-refractivity contribution in [1.29, 1.82) is 0 Å². The highest BCUT2D eigenvalue weighted by Crippen LogP contribution is 2.35. The number of rotatable bonds is 4. The Morgan fingerprint density at radius 1 is 1.42 bits per heavy atom. The van der Waals surface area contributed by atoms with Gasteiger partial charge in [-0.15, -0.1) is 0 Å². The third-order valence-corrected chi connectivity index (χ3v) is 2.62. The summed E-state index contributed by atoms with van der Waals surface area (Å²) in [6, 6.07) is 3.34. The minimum atomic E-state index is -4.54. The molecular weight excluding hydrogens is 261 g/mol. The molecule has 0 unspecified atom stereocenters. The second-order valence-corrected chi connectivity index (χ2v) is 3.96. The maximum atomic E-state index is 12.8. The van der Waals surface area contributed by atoms with Gasteiger partial charge < -0.3 is 15.3 Å². The fraction of sp³-hybridized carbons (Fsp3) is 0.417. The fourth-order valence-electron chi connectivity index (χ4n) is 1.60. The smallest absolute Gasteiger partial charge is 0.395 e. The maximum absolute atomic E-state index is 12.8. The molecule has 0 heterocycles. The highest BCUT2D eigenvalue weighted by atomic mass is 19.4. The molecule has 1 aromatic carbocycles. The van der Waals surface area contributed by atoms with E-state index in [1.807, 2.05) is 0 Å². The average molecular weight is 276 g/mol. The summed E-state index contributed by atoms with van der Waals surface area (Å²) in [5, 5.41) is 11.2. The highest BCUT2D eigenvalue weighted by molar-refractivity contribution is 5.94. The number of aliphatic hydroxyl groups excluding tert-OH is 1. The lowest BCUT2D eigenvalue weighted by atomic mass is 10.1. The third-order valence-electron chi connectivity index (χ3n) is 2.62. The van der Waals surface area contributed by atoms with Crippen LogP contribution in [0.3, 0.4) is 0 Å². The molecule has 2 N–H and O–H groups in total. The van der Waals surface area contributed by atoms with Gasteiger partial charge in [0.15, 0.2) is 0 Å². The second kappa shape index (κ2) is 5.92. The van der Waals surface area contributed by atoms with E-state index >= 15 is 0 Å². The molecule has 0 spiro atoms. The molecule has 19 heavy (non-hydrogen) atoms. The first kappa shape index (κ1) is 15.3. The number of hydrogen-bond donors (Lipinski definition) is 2. The molecule has 0 aliphatic heterocycles. The summed E-state index contributed by atoms with van der Waals surface area (Å²) in [6.45, 7) is -0.184. The fourth-order valence-corrected chi connectivity index (χ4v) is 1.60. The van der Waals surface area contributed by atoms with Crippen LogP contribution < -0.4 is 5.32 Å². The summed E-state index contributed by atoms with van der Waals surface area (Å²) in [6.07, 6.45) is -4.54. The van der Waals surface area contributed by atoms with Gasteiger partial charge in [-0.25, -0.2) is 0 Å². The quantitative estimate of drug-likeness (QED) is 0.882. The molecule has 1 amide bonds. The van der Waals surface area contributed by atoms with E-state index in [1.54, 1.807) is 0 Å². The Morgan fingerprint density at radius 3 is 2.53 bits per heavy atom. The van der Waals surface area contributed by atoms with Crippen LogP contribution in [0.25, 0.3) is 0 Å². The molecule has 106 valence electrons. The summed E-state index contributed by atoms with van der Waals surface area (Å²) >= 11 is 0. The topological polar surface area (TPSA) is 52.6 Å². The van der Waals surface area contributed by atoms with Gasteiger partial charge in [0.1, 0.15) is 0 Å². The van der Waals surface area contributed by atoms with Crippen molar-refractivity contribution < 1.29 is 23.1 Å². The number of halogens is 3. The normalized spacial score (nSPS) is 11.3. The molecule has 0 fully saturated rings. The van der Waals surface area contributed by atoms with Crippen LogP contribution >= 0.6 is 0 Å². The molecule has 1 rings (SSSR count). The molecule has 7 heteroatoms. The monoisotopic (exact) mass is 276 g/mol. The van der Waals surface area contributed by atoms with Crippen molar-refractivity contribution in [3.05, 3.63) is 29.3 Å². The summed E-state index contributed by atoms with van der Waals surface area (Å²) < 4.78 is 38.5. The van der Waals surface area contributed by atoms with Crippen molar-refractivity contribution in [2.45, 2.75) is 6.18 Å². The Balaban J connectivity index is 3.15. The van der Waals surface area contributed by atoms with Crippen LogP contribution in [0.2, 0.25) is 0 Å². The predicted octanol–water partition coefficient (Wildman–Crippen LogP) is 1.81. The van der Waals surface area contributed by atoms with Gasteiger partial charge in [-0.3, -0.25) is 4.79 Å². The molecule has 0 saturated carbocycles. The van der Waals surface area contributed by atoms with Gasteiger partial charge in [-0.2, -0.15) is 13.2 Å². The lowest BCUT2D eigenvalue weighted by molar-refractivity contribution is -0.137. The number of alkyl halides is 3. The molecule has 4 nitrogen and oxygen atoms in total. The van der Waals surface area contributed by atoms with Crippen LogP contribution in [0.1, 0.15) is 15.9 Å². The summed E-state index contributed by atoms with van der Waals surface area (Å²) in [5.74, 6) is -0.567. The van der Waals surface area contributed by atoms with Gasteiger partial charge >= 0.3 is 6.18 Å². The van der Waals surface area contributed by atoms with Crippen molar-refractivity contribution in [3.63, 3.8) is 0 Å². The van der Waals surface area contributed by atoms with Crippen molar-refractivity contribution in [3.8, 4) is 0 Å². The molecule has 0 aliphatic carbocycles. The first-order chi connectivity index (χ1) is 8.81. The van der Waals surface area contributed by atoms with Crippen LogP contribution in [0, 0.1) is 0 Å². The van der Waals surface area contributed by atoms with Crippen molar-refractivity contribution in [1.82, 2.24) is 4.90 Å². The van der Waals surface area contributed by atoms with Gasteiger partial charge in [-0.1, -0.05) is 0 Å². The van der Waals surface area contributed by atoms with Crippen LogP contribution in [-0.2, 0) is 6.18 Å². The zero-order valence-corrected chi connectivity index (χ0v) is 10.6. The predicted molar refractivity (Wildman–Crippen MR) is 65.0 cm³/mol. The first-order valence-electron chi connectivity index (χ1n) is 5.56. The Hall–Kier alpha value is -1.76. The number of nitrogens with one attached hydrogen (secondary N) is 1. The number of anilines is 1. The lowest BCUT2D eigenvalue weighted by Gasteiger charge is -2.18. The number of nitrogens with zero attached hydrogens (tertiary/aromatic N) is 1. The average Bonchev–Trinajstić information content (AvgIpc) is 2.36. The summed E-state index contributed by atoms with van der Waals surface area (Å²) in [4.78, 5) is 13.0. The Labute approximate surface area is 108 Å². The van der Waals surface area contributed by atoms with E-state index in [1.165, 1.54) is 26.2 Å². The molecule has 1 aromatic rings. The van der Waals surface area contributed by atoms with Gasteiger partial charge in [0.05, 0.1) is 12.2 Å². The van der Waals surface area contributed by atoms with E-state index in [0.29, 0.717) is 0 Å². The van der Waals surface area contributed by atoms with E-state index in [-0.39, 0.29) is 24.4 Å². The van der Waals surface area contributed by atoms with E-state index < -0.39 is 17.6 Å². The van der Waals surface area contributed by atoms with Crippen LogP contribution in [0.15, 0.2) is 18.2 Å². The maximum Gasteiger partial charge on any atom is 0.418 e. The number of likely N-dealkylation sites (N-methyl/N-ethyl adjacent to an activating group) is 1. The largest absolute Gasteiger partial charge is 0.418 e. The van der Waals surface area contributed by atoms with Crippen LogP contribution in [-0.4, -0.2) is 43.2 Å². The lowest BCUT2D eigenvalue weighted by Crippen LogP contribution is -2.29. The van der Waals surface area contributed by atoms with Crippen molar-refractivity contribution >= 4 is 11.6 Å². The number of carbonyl (C=O) groups is 1. The van der Waals surface area contributed by atoms with E-state index in [9.17, 15) is 18.0 Å². The summed E-state index contributed by atoms with van der Waals surface area (Å²) in [5.41, 5.74) is -1.05. The molecule has 0 radical (unpaired) electrons. The van der Waals surface area contributed by atoms with E-state index in [2.05, 4.69) is 5.32 Å². The number of hydrogen-bond acceptors (Lipinski definition) is 3. The van der Waals surface area contributed by atoms with Crippen molar-refractivity contribution in [2.24, 2.45) is 0 Å². The molecule has 0 bridgehead atoms. The van der Waals surface area contributed by atoms with Gasteiger partial charge in [0.2, 0.25) is 0 Å². The van der Waals surface area contributed by atoms with Gasteiger partial charge in [-0.05, 0) is 18.2 Å². The molecular formula is C12H15F3N2O2. The van der Waals surface area contributed by atoms with Crippen LogP contribution in [0.5, 0.6) is 0 Å². The third kappa shape index (κ3) is 3.60. The second-order valence-electron chi connectivity index (χ2n) is 3.96. The number of amides is 1. The molecule has 0 atom stereocenters. The standard InChI is InChI=1S/C12H15F3N2O2/c1-16-10-4-3-8(7-9(10)12(13,14)15)11(19)17(2)5-6-18/h3-4,7,16,18H,5-6H2,1-2H3. The zero-order valence-electron chi connectivity index (χ0n) is 10.6. The molecule has 0 saturated heterocycles. The van der Waals surface area contributed by atoms with Crippen LogP contribution in [0.4, 0.5) is 18.9 Å². The zero-order chi connectivity index (χ0) is 14.6. The SMILES string of the molecule is CNc1ccc(C(=O)N(C)CCO)cc1C(F)(F)F. The van der Waals surface area contributed by atoms with Crippen molar-refractivity contribution in [2.75, 3.05) is 32.6 Å². The first-order valence-corrected chi connectivity index (χ1v) is 5.56. The minimum absolute atomic E-state index is 0.0635. The van der Waals surface area contributed by atoms with E-state index in [4.69, 9.17) is 5.11 Å². The molecule has 0 aromatic heterocycles. The van der Waals surface area contributed by atoms with E-state index in [0.717, 1.165) is 11.0 Å². The number of carbonyl (C=O) groups excluding carboxylic acids is 1.